The summed E-state index contributed by atoms with van der Waals surface area (Å²) < 4.78 is 5.71. The highest BCUT2D eigenvalue weighted by atomic mass is 16.5. The highest BCUT2D eigenvalue weighted by Crippen LogP contribution is 2.21. The molecule has 0 aliphatic rings. The van der Waals surface area contributed by atoms with Crippen molar-refractivity contribution in [2.24, 2.45) is 5.73 Å². The molecule has 1 unspecified atom stereocenters. The first kappa shape index (κ1) is 15.2. The van der Waals surface area contributed by atoms with Gasteiger partial charge in [-0.1, -0.05) is 23.8 Å². The van der Waals surface area contributed by atoms with E-state index >= 15 is 0 Å². The van der Waals surface area contributed by atoms with Gasteiger partial charge in [-0.25, -0.2) is 0 Å². The van der Waals surface area contributed by atoms with Crippen molar-refractivity contribution < 1.29 is 9.53 Å². The third-order valence-corrected chi connectivity index (χ3v) is 2.72. The summed E-state index contributed by atoms with van der Waals surface area (Å²) in [4.78, 5) is 11.7. The molecule has 0 spiro atoms. The number of benzene rings is 1. The van der Waals surface area contributed by atoms with E-state index in [1.807, 2.05) is 25.1 Å². The molecule has 0 radical (unpaired) electrons. The van der Waals surface area contributed by atoms with Crippen LogP contribution in [-0.2, 0) is 11.2 Å². The fourth-order valence-electron chi connectivity index (χ4n) is 1.73. The minimum atomic E-state index is -0.542. The van der Waals surface area contributed by atoms with Gasteiger partial charge in [0.1, 0.15) is 5.75 Å². The number of carbonyl (C=O) groups is 1. The van der Waals surface area contributed by atoms with Crippen LogP contribution in [0.2, 0.25) is 0 Å². The van der Waals surface area contributed by atoms with Gasteiger partial charge in [-0.05, 0) is 38.4 Å². The van der Waals surface area contributed by atoms with Crippen molar-refractivity contribution in [3.05, 3.63) is 42.0 Å². The van der Waals surface area contributed by atoms with Crippen molar-refractivity contribution in [3.8, 4) is 5.75 Å². The maximum absolute atomic E-state index is 11.7. The van der Waals surface area contributed by atoms with Gasteiger partial charge in [-0.2, -0.15) is 0 Å². The minimum absolute atomic E-state index is 0.154. The molecule has 1 aromatic rings. The molecule has 0 aliphatic carbocycles. The number of nitrogens with two attached hydrogens (primary N) is 1. The maximum Gasteiger partial charge on any atom is 0.261 e. The van der Waals surface area contributed by atoms with Gasteiger partial charge < -0.3 is 15.8 Å². The predicted molar refractivity (Wildman–Crippen MR) is 77.2 cm³/mol. The van der Waals surface area contributed by atoms with Crippen molar-refractivity contribution in [3.63, 3.8) is 0 Å². The van der Waals surface area contributed by atoms with Gasteiger partial charge in [0.15, 0.2) is 6.10 Å². The first-order valence-electron chi connectivity index (χ1n) is 6.43. The molecule has 0 heterocycles. The molecule has 0 saturated heterocycles. The Morgan fingerprint density at radius 2 is 2.32 bits per heavy atom. The van der Waals surface area contributed by atoms with Crippen LogP contribution in [0, 0.1) is 6.92 Å². The number of ether oxygens (including phenoxy) is 1. The summed E-state index contributed by atoms with van der Waals surface area (Å²) in [5.41, 5.74) is 7.78. The molecule has 19 heavy (non-hydrogen) atoms. The summed E-state index contributed by atoms with van der Waals surface area (Å²) in [5.74, 6) is 0.566. The summed E-state index contributed by atoms with van der Waals surface area (Å²) in [6.07, 6.45) is 1.83. The summed E-state index contributed by atoms with van der Waals surface area (Å²) in [7, 11) is 0. The summed E-state index contributed by atoms with van der Waals surface area (Å²) in [6.45, 7) is 8.29. The molecule has 0 bridgehead atoms. The summed E-state index contributed by atoms with van der Waals surface area (Å²) in [5, 5.41) is 2.71. The number of aryl methyl sites for hydroxylation is 1. The molecular weight excluding hydrogens is 240 g/mol. The zero-order valence-electron chi connectivity index (χ0n) is 11.6. The van der Waals surface area contributed by atoms with E-state index in [9.17, 15) is 4.79 Å². The molecule has 0 fully saturated rings. The number of rotatable bonds is 7. The molecule has 0 saturated carbocycles. The number of nitrogens with one attached hydrogen (secondary N) is 1. The van der Waals surface area contributed by atoms with E-state index in [2.05, 4.69) is 11.9 Å². The van der Waals surface area contributed by atoms with Gasteiger partial charge in [-0.15, -0.1) is 6.58 Å². The first-order chi connectivity index (χ1) is 9.08. The summed E-state index contributed by atoms with van der Waals surface area (Å²) in [6, 6.07) is 5.89. The summed E-state index contributed by atoms with van der Waals surface area (Å²) >= 11 is 0. The van der Waals surface area contributed by atoms with E-state index in [1.165, 1.54) is 0 Å². The fourth-order valence-corrected chi connectivity index (χ4v) is 1.73. The monoisotopic (exact) mass is 262 g/mol. The Kier molecular flexibility index (Phi) is 6.09. The topological polar surface area (TPSA) is 64.3 Å². The third kappa shape index (κ3) is 4.75. The number of carbonyl (C=O) groups excluding carboxylic acids is 1. The van der Waals surface area contributed by atoms with E-state index in [0.717, 1.165) is 23.3 Å². The Labute approximate surface area is 114 Å². The number of hydrogen-bond acceptors (Lipinski definition) is 3. The quantitative estimate of drug-likeness (QED) is 0.733. The first-order valence-corrected chi connectivity index (χ1v) is 6.43. The predicted octanol–water partition coefficient (Wildman–Crippen LogP) is 1.57. The SMILES string of the molecule is C=CCNC(=O)C(C)Oc1ccc(C)cc1CCN. The molecule has 4 nitrogen and oxygen atoms in total. The maximum atomic E-state index is 11.7. The zero-order chi connectivity index (χ0) is 14.3. The van der Waals surface area contributed by atoms with Crippen LogP contribution in [0.5, 0.6) is 5.75 Å². The van der Waals surface area contributed by atoms with Crippen LogP contribution >= 0.6 is 0 Å². The molecule has 3 N–H and O–H groups in total. The lowest BCUT2D eigenvalue weighted by Gasteiger charge is -2.17. The third-order valence-electron chi connectivity index (χ3n) is 2.72. The lowest BCUT2D eigenvalue weighted by atomic mass is 10.1. The Morgan fingerprint density at radius 1 is 1.58 bits per heavy atom. The van der Waals surface area contributed by atoms with Gasteiger partial charge in [0.2, 0.25) is 0 Å². The average molecular weight is 262 g/mol. The van der Waals surface area contributed by atoms with Crippen molar-refractivity contribution in [2.75, 3.05) is 13.1 Å². The Morgan fingerprint density at radius 3 is 2.95 bits per heavy atom. The fraction of sp³-hybridized carbons (Fsp3) is 0.400. The van der Waals surface area contributed by atoms with E-state index in [1.54, 1.807) is 13.0 Å². The average Bonchev–Trinajstić information content (AvgIpc) is 2.39. The van der Waals surface area contributed by atoms with Gasteiger partial charge in [0, 0.05) is 6.54 Å². The highest BCUT2D eigenvalue weighted by molar-refractivity contribution is 5.80. The molecule has 0 aromatic heterocycles. The van der Waals surface area contributed by atoms with Crippen molar-refractivity contribution >= 4 is 5.91 Å². The van der Waals surface area contributed by atoms with E-state index < -0.39 is 6.10 Å². The van der Waals surface area contributed by atoms with Crippen LogP contribution in [0.1, 0.15) is 18.1 Å². The molecule has 1 rings (SSSR count). The van der Waals surface area contributed by atoms with E-state index in [0.29, 0.717) is 13.1 Å². The van der Waals surface area contributed by atoms with Crippen molar-refractivity contribution in [1.82, 2.24) is 5.32 Å². The second-order valence-electron chi connectivity index (χ2n) is 4.44. The molecule has 4 heteroatoms. The lowest BCUT2D eigenvalue weighted by molar-refractivity contribution is -0.127. The Hall–Kier alpha value is -1.81. The largest absolute Gasteiger partial charge is 0.481 e. The smallest absolute Gasteiger partial charge is 0.261 e. The van der Waals surface area contributed by atoms with Gasteiger partial charge in [0.05, 0.1) is 0 Å². The second kappa shape index (κ2) is 7.59. The second-order valence-corrected chi connectivity index (χ2v) is 4.44. The van der Waals surface area contributed by atoms with Crippen LogP contribution in [0.4, 0.5) is 0 Å². The van der Waals surface area contributed by atoms with Crippen LogP contribution in [0.3, 0.4) is 0 Å². The van der Waals surface area contributed by atoms with Crippen LogP contribution in [0.15, 0.2) is 30.9 Å². The standard InChI is InChI=1S/C15H22N2O2/c1-4-9-17-15(18)12(3)19-14-6-5-11(2)10-13(14)7-8-16/h4-6,10,12H,1,7-9,16H2,2-3H3,(H,17,18). The van der Waals surface area contributed by atoms with Gasteiger partial charge in [-0.3, -0.25) is 4.79 Å². The van der Waals surface area contributed by atoms with Crippen LogP contribution in [-0.4, -0.2) is 25.1 Å². The Balaban J connectivity index is 2.74. The normalized spacial score (nSPS) is 11.7. The van der Waals surface area contributed by atoms with Gasteiger partial charge in [0.25, 0.3) is 5.91 Å². The highest BCUT2D eigenvalue weighted by Gasteiger charge is 2.15. The van der Waals surface area contributed by atoms with Crippen LogP contribution in [0.25, 0.3) is 0 Å². The molecule has 104 valence electrons. The Bertz CT molecular complexity index is 444. The number of amides is 1. The lowest BCUT2D eigenvalue weighted by Crippen LogP contribution is -2.36. The van der Waals surface area contributed by atoms with Crippen molar-refractivity contribution in [2.45, 2.75) is 26.4 Å². The van der Waals surface area contributed by atoms with Crippen molar-refractivity contribution in [1.29, 1.82) is 0 Å². The van der Waals surface area contributed by atoms with Gasteiger partial charge >= 0.3 is 0 Å². The minimum Gasteiger partial charge on any atom is -0.481 e. The molecule has 1 amide bonds. The van der Waals surface area contributed by atoms with Crippen LogP contribution < -0.4 is 15.8 Å². The molecule has 1 atom stereocenters. The molecule has 1 aromatic carbocycles. The van der Waals surface area contributed by atoms with E-state index in [-0.39, 0.29) is 5.91 Å². The van der Waals surface area contributed by atoms with E-state index in [4.69, 9.17) is 10.5 Å². The molecular formula is C15H22N2O2. The zero-order valence-corrected chi connectivity index (χ0v) is 11.6. The number of hydrogen-bond donors (Lipinski definition) is 2. The molecule has 0 aliphatic heterocycles.